The Morgan fingerprint density at radius 2 is 1.09 bits per heavy atom. The number of fused-ring (bicyclic) bond motifs is 4. The van der Waals surface area contributed by atoms with E-state index in [0.29, 0.717) is 11.8 Å². The molecule has 0 aromatic heterocycles. The predicted octanol–water partition coefficient (Wildman–Crippen LogP) is 13.0. The first-order valence-corrected chi connectivity index (χ1v) is 27.3. The smallest absolute Gasteiger partial charge is 0.344 e. The average molecular weight is 957 g/mol. The Labute approximate surface area is 420 Å². The molecule has 8 rings (SSSR count). The first-order valence-electron chi connectivity index (χ1n) is 27.3. The standard InChI is InChI=1S/C32H44O3.C30H40O5/c1-4-5-7-11-23(2)16-17-28-24(3)18-27-20-30-26(19-29(27)28)14-10-15-31(30)34-22-32(33)35-21-25-12-8-6-9-13-25;1-2-3-5-12-24(31)14-15-25-26-16-22-11-8-13-29(27(22)17-23(26)18-28(25)32)34-20-30(33)35-19-21-9-6-4-7-10-21/h6,8-10,12-15,23-24,27-29H,4-5,7,11,16-22H2,1-3H3;4,6-11,13,23-26,28,31-32H,2-3,5,12,14-20H2,1H3. The number of aliphatic hydroxyl groups is 2. The van der Waals surface area contributed by atoms with E-state index in [2.05, 4.69) is 45.9 Å². The van der Waals surface area contributed by atoms with Crippen LogP contribution in [0, 0.1) is 47.3 Å². The highest BCUT2D eigenvalue weighted by Crippen LogP contribution is 2.52. The van der Waals surface area contributed by atoms with Gasteiger partial charge in [0.2, 0.25) is 0 Å². The molecule has 0 saturated heterocycles. The van der Waals surface area contributed by atoms with Crippen LogP contribution >= 0.6 is 0 Å². The van der Waals surface area contributed by atoms with E-state index in [9.17, 15) is 19.8 Å². The fraction of sp³-hybridized carbons (Fsp3) is 0.581. The zero-order chi connectivity index (χ0) is 49.2. The van der Waals surface area contributed by atoms with Crippen molar-refractivity contribution < 1.29 is 38.7 Å². The van der Waals surface area contributed by atoms with Crippen molar-refractivity contribution in [3.8, 4) is 11.5 Å². The molecule has 0 heterocycles. The van der Waals surface area contributed by atoms with Gasteiger partial charge in [-0.1, -0.05) is 164 Å². The third-order valence-corrected chi connectivity index (χ3v) is 16.5. The summed E-state index contributed by atoms with van der Waals surface area (Å²) >= 11 is 0. The van der Waals surface area contributed by atoms with Crippen molar-refractivity contribution in [1.29, 1.82) is 0 Å². The zero-order valence-electron chi connectivity index (χ0n) is 42.9. The molecule has 380 valence electrons. The molecule has 4 aliphatic rings. The zero-order valence-corrected chi connectivity index (χ0v) is 42.9. The van der Waals surface area contributed by atoms with Crippen LogP contribution in [0.1, 0.15) is 151 Å². The van der Waals surface area contributed by atoms with Gasteiger partial charge in [0, 0.05) is 0 Å². The summed E-state index contributed by atoms with van der Waals surface area (Å²) in [7, 11) is 0. The van der Waals surface area contributed by atoms with Gasteiger partial charge < -0.3 is 29.2 Å². The quantitative estimate of drug-likeness (QED) is 0.0528. The molecular formula is C62H84O8. The average Bonchev–Trinajstić information content (AvgIpc) is 3.86. The molecule has 4 aromatic rings. The molecule has 0 radical (unpaired) electrons. The van der Waals surface area contributed by atoms with Gasteiger partial charge in [-0.2, -0.15) is 0 Å². The van der Waals surface area contributed by atoms with E-state index in [1.54, 1.807) is 0 Å². The molecule has 8 heteroatoms. The summed E-state index contributed by atoms with van der Waals surface area (Å²) < 4.78 is 22.7. The van der Waals surface area contributed by atoms with Crippen molar-refractivity contribution >= 4 is 11.9 Å². The van der Waals surface area contributed by atoms with Crippen LogP contribution in [-0.4, -0.2) is 47.6 Å². The van der Waals surface area contributed by atoms with Crippen molar-refractivity contribution in [3.63, 3.8) is 0 Å². The summed E-state index contributed by atoms with van der Waals surface area (Å²) in [5, 5.41) is 21.2. The van der Waals surface area contributed by atoms with Gasteiger partial charge in [0.1, 0.15) is 24.7 Å². The molecule has 0 amide bonds. The maximum absolute atomic E-state index is 12.3. The minimum atomic E-state index is -0.381. The van der Waals surface area contributed by atoms with E-state index in [0.717, 1.165) is 122 Å². The molecule has 8 nitrogen and oxygen atoms in total. The number of hydrogen-bond donors (Lipinski definition) is 2. The molecule has 2 fully saturated rings. The van der Waals surface area contributed by atoms with Crippen molar-refractivity contribution in [2.75, 3.05) is 13.2 Å². The van der Waals surface area contributed by atoms with Crippen molar-refractivity contribution in [1.82, 2.24) is 0 Å². The minimum Gasteiger partial charge on any atom is -0.482 e. The molecule has 0 bridgehead atoms. The van der Waals surface area contributed by atoms with Gasteiger partial charge in [-0.05, 0) is 157 Å². The van der Waals surface area contributed by atoms with E-state index in [1.165, 1.54) is 68.1 Å². The molecule has 2 saturated carbocycles. The molecule has 0 spiro atoms. The lowest BCUT2D eigenvalue weighted by Crippen LogP contribution is -2.28. The maximum Gasteiger partial charge on any atom is 0.344 e. The van der Waals surface area contributed by atoms with Crippen molar-refractivity contribution in [2.24, 2.45) is 47.3 Å². The highest BCUT2D eigenvalue weighted by molar-refractivity contribution is 5.71. The summed E-state index contributed by atoms with van der Waals surface area (Å²) in [6, 6.07) is 31.9. The lowest BCUT2D eigenvalue weighted by Gasteiger charge is -2.33. The van der Waals surface area contributed by atoms with Crippen LogP contribution in [0.25, 0.3) is 0 Å². The van der Waals surface area contributed by atoms with Gasteiger partial charge in [-0.15, -0.1) is 0 Å². The number of benzene rings is 4. The van der Waals surface area contributed by atoms with E-state index in [-0.39, 0.29) is 56.5 Å². The summed E-state index contributed by atoms with van der Waals surface area (Å²) in [4.78, 5) is 24.5. The monoisotopic (exact) mass is 957 g/mol. The second-order valence-corrected chi connectivity index (χ2v) is 21.6. The Hall–Kier alpha value is -4.66. The van der Waals surface area contributed by atoms with Crippen LogP contribution in [-0.2, 0) is 58.0 Å². The highest BCUT2D eigenvalue weighted by Gasteiger charge is 2.46. The van der Waals surface area contributed by atoms with E-state index in [4.69, 9.17) is 18.9 Å². The Morgan fingerprint density at radius 3 is 1.63 bits per heavy atom. The second kappa shape index (κ2) is 27.2. The number of carbonyl (C=O) groups is 2. The molecule has 10 unspecified atom stereocenters. The molecule has 4 aliphatic carbocycles. The Bertz CT molecular complexity index is 2040. The first-order chi connectivity index (χ1) is 34.1. The third-order valence-electron chi connectivity index (χ3n) is 16.5. The van der Waals surface area contributed by atoms with Crippen LogP contribution in [0.5, 0.6) is 11.5 Å². The Kier molecular flexibility index (Phi) is 20.7. The number of esters is 2. The van der Waals surface area contributed by atoms with Gasteiger partial charge in [0.05, 0.1) is 12.2 Å². The Morgan fingerprint density at radius 1 is 0.586 bits per heavy atom. The minimum absolute atomic E-state index is 0.0354. The highest BCUT2D eigenvalue weighted by atomic mass is 16.6. The summed E-state index contributed by atoms with van der Waals surface area (Å²) in [6.07, 6.45) is 19.7. The van der Waals surface area contributed by atoms with Gasteiger partial charge in [0.25, 0.3) is 0 Å². The number of ether oxygens (including phenoxy) is 4. The fourth-order valence-corrected chi connectivity index (χ4v) is 12.6. The van der Waals surface area contributed by atoms with E-state index in [1.807, 2.05) is 78.9 Å². The number of aliphatic hydroxyl groups excluding tert-OH is 2. The fourth-order valence-electron chi connectivity index (χ4n) is 12.6. The summed E-state index contributed by atoms with van der Waals surface area (Å²) in [5.41, 5.74) is 7.11. The van der Waals surface area contributed by atoms with Crippen LogP contribution in [0.15, 0.2) is 97.1 Å². The van der Waals surface area contributed by atoms with Crippen molar-refractivity contribution in [3.05, 3.63) is 130 Å². The number of carbonyl (C=O) groups excluding carboxylic acids is 2. The predicted molar refractivity (Wildman–Crippen MR) is 278 cm³/mol. The summed E-state index contributed by atoms with van der Waals surface area (Å²) in [5.74, 6) is 6.06. The van der Waals surface area contributed by atoms with Gasteiger partial charge >= 0.3 is 11.9 Å². The summed E-state index contributed by atoms with van der Waals surface area (Å²) in [6.45, 7) is 9.79. The topological polar surface area (TPSA) is 112 Å². The number of unbranched alkanes of at least 4 members (excludes halogenated alkanes) is 4. The molecule has 0 aliphatic heterocycles. The van der Waals surface area contributed by atoms with E-state index >= 15 is 0 Å². The largest absolute Gasteiger partial charge is 0.482 e. The third kappa shape index (κ3) is 15.2. The van der Waals surface area contributed by atoms with E-state index < -0.39 is 0 Å². The lowest BCUT2D eigenvalue weighted by molar-refractivity contribution is -0.148. The molecule has 4 aromatic carbocycles. The first kappa shape index (κ1) is 53.1. The molecule has 2 N–H and O–H groups in total. The number of rotatable bonds is 24. The molecule has 70 heavy (non-hydrogen) atoms. The maximum atomic E-state index is 12.3. The van der Waals surface area contributed by atoms with Crippen LogP contribution < -0.4 is 9.47 Å². The van der Waals surface area contributed by atoms with Crippen LogP contribution in [0.3, 0.4) is 0 Å². The van der Waals surface area contributed by atoms with Gasteiger partial charge in [0.15, 0.2) is 13.2 Å². The normalized spacial score (nSPS) is 23.9. The Balaban J connectivity index is 0.000000206. The molecule has 10 atom stereocenters. The number of hydrogen-bond acceptors (Lipinski definition) is 8. The van der Waals surface area contributed by atoms with Crippen LogP contribution in [0.4, 0.5) is 0 Å². The second-order valence-electron chi connectivity index (χ2n) is 21.6. The lowest BCUT2D eigenvalue weighted by atomic mass is 9.73. The molecular weight excluding hydrogens is 873 g/mol. The van der Waals surface area contributed by atoms with Crippen molar-refractivity contribution in [2.45, 2.75) is 169 Å². The van der Waals surface area contributed by atoms with Crippen LogP contribution in [0.2, 0.25) is 0 Å². The van der Waals surface area contributed by atoms with Gasteiger partial charge in [-0.25, -0.2) is 9.59 Å². The SMILES string of the molecule is CCCCCC(C)CCC1C(C)CC2Cc3c(cccc3OCC(=O)OCc3ccccc3)CC21.CCCCCC(O)CCC1C(O)CC2Cc3c(cccc3OCC(=O)OCc3ccccc3)CC21. The van der Waals surface area contributed by atoms with Gasteiger partial charge in [-0.3, -0.25) is 0 Å².